The van der Waals surface area contributed by atoms with E-state index in [4.69, 9.17) is 10.2 Å². The number of carbonyl (C=O) groups excluding carboxylic acids is 1. The molecule has 92 valence electrons. The zero-order valence-corrected chi connectivity index (χ0v) is 9.63. The summed E-state index contributed by atoms with van der Waals surface area (Å²) in [7, 11) is 0. The Hall–Kier alpha value is -1.59. The molecule has 1 aliphatic carbocycles. The number of anilines is 1. The number of nitrogens with zero attached hydrogens (tertiary/aromatic N) is 3. The number of hydrogen-bond acceptors (Lipinski definition) is 5. The fraction of sp³-hybridized carbons (Fsp3) is 0.727. The van der Waals surface area contributed by atoms with Gasteiger partial charge in [-0.05, 0) is 25.7 Å². The SMILES string of the molecule is Nc1nnc(C2CCN(C(=O)C3CC3)CC2)o1. The molecule has 2 fully saturated rings. The average molecular weight is 236 g/mol. The predicted octanol–water partition coefficient (Wildman–Crippen LogP) is 0.768. The number of nitrogens with two attached hydrogens (primary N) is 1. The van der Waals surface area contributed by atoms with Crippen LogP contribution in [0.15, 0.2) is 4.42 Å². The van der Waals surface area contributed by atoms with Crippen LogP contribution in [-0.2, 0) is 4.79 Å². The molecule has 0 spiro atoms. The molecule has 17 heavy (non-hydrogen) atoms. The lowest BCUT2D eigenvalue weighted by Gasteiger charge is -2.30. The third-order valence-corrected chi connectivity index (χ3v) is 3.54. The Morgan fingerprint density at radius 1 is 1.24 bits per heavy atom. The molecule has 2 aliphatic rings. The van der Waals surface area contributed by atoms with E-state index in [0.717, 1.165) is 38.8 Å². The van der Waals surface area contributed by atoms with Crippen molar-refractivity contribution >= 4 is 11.9 Å². The largest absolute Gasteiger partial charge is 0.408 e. The Morgan fingerprint density at radius 2 is 1.94 bits per heavy atom. The molecule has 1 saturated carbocycles. The second-order valence-corrected chi connectivity index (χ2v) is 4.85. The van der Waals surface area contributed by atoms with Gasteiger partial charge in [-0.25, -0.2) is 0 Å². The standard InChI is InChI=1S/C11H16N4O2/c12-11-14-13-9(17-11)7-3-5-15(6-4-7)10(16)8-1-2-8/h7-8H,1-6H2,(H2,12,14). The average Bonchev–Trinajstić information content (AvgIpc) is 3.11. The van der Waals surface area contributed by atoms with Crippen LogP contribution in [-0.4, -0.2) is 34.1 Å². The summed E-state index contributed by atoms with van der Waals surface area (Å²) in [6, 6.07) is 0.122. The first-order valence-corrected chi connectivity index (χ1v) is 6.11. The Labute approximate surface area is 99.2 Å². The first-order valence-electron chi connectivity index (χ1n) is 6.11. The topological polar surface area (TPSA) is 85.2 Å². The lowest BCUT2D eigenvalue weighted by molar-refractivity contribution is -0.133. The minimum Gasteiger partial charge on any atom is -0.408 e. The summed E-state index contributed by atoms with van der Waals surface area (Å²) < 4.78 is 5.23. The van der Waals surface area contributed by atoms with Crippen LogP contribution in [0.1, 0.15) is 37.5 Å². The van der Waals surface area contributed by atoms with Gasteiger partial charge in [-0.1, -0.05) is 5.10 Å². The summed E-state index contributed by atoms with van der Waals surface area (Å²) in [6.07, 6.45) is 3.91. The van der Waals surface area contributed by atoms with Crippen LogP contribution in [0, 0.1) is 5.92 Å². The Kier molecular flexibility index (Phi) is 2.49. The maximum absolute atomic E-state index is 11.9. The zero-order chi connectivity index (χ0) is 11.8. The van der Waals surface area contributed by atoms with Crippen LogP contribution >= 0.6 is 0 Å². The molecular formula is C11H16N4O2. The van der Waals surface area contributed by atoms with Gasteiger partial charge in [0.1, 0.15) is 0 Å². The van der Waals surface area contributed by atoms with Gasteiger partial charge in [0, 0.05) is 24.9 Å². The van der Waals surface area contributed by atoms with E-state index >= 15 is 0 Å². The van der Waals surface area contributed by atoms with Crippen molar-refractivity contribution in [2.45, 2.75) is 31.6 Å². The van der Waals surface area contributed by atoms with Crippen molar-refractivity contribution in [1.29, 1.82) is 0 Å². The van der Waals surface area contributed by atoms with Crippen molar-refractivity contribution in [3.05, 3.63) is 5.89 Å². The second kappa shape index (κ2) is 4.01. The second-order valence-electron chi connectivity index (χ2n) is 4.85. The molecular weight excluding hydrogens is 220 g/mol. The summed E-state index contributed by atoms with van der Waals surface area (Å²) in [4.78, 5) is 13.8. The Morgan fingerprint density at radius 3 is 2.47 bits per heavy atom. The van der Waals surface area contributed by atoms with E-state index in [2.05, 4.69) is 10.2 Å². The van der Waals surface area contributed by atoms with Crippen molar-refractivity contribution in [3.8, 4) is 0 Å². The summed E-state index contributed by atoms with van der Waals surface area (Å²) in [6.45, 7) is 1.59. The predicted molar refractivity (Wildman–Crippen MR) is 60.0 cm³/mol. The number of hydrogen-bond donors (Lipinski definition) is 1. The Bertz CT molecular complexity index is 419. The highest BCUT2D eigenvalue weighted by molar-refractivity contribution is 5.81. The molecule has 3 rings (SSSR count). The molecule has 2 heterocycles. The quantitative estimate of drug-likeness (QED) is 0.819. The highest BCUT2D eigenvalue weighted by Gasteiger charge is 2.35. The summed E-state index contributed by atoms with van der Waals surface area (Å²) in [5.74, 6) is 1.50. The normalized spacial score (nSPS) is 21.8. The van der Waals surface area contributed by atoms with Gasteiger partial charge in [-0.2, -0.15) is 0 Å². The van der Waals surface area contributed by atoms with Gasteiger partial charge in [0.05, 0.1) is 0 Å². The van der Waals surface area contributed by atoms with Gasteiger partial charge in [0.2, 0.25) is 11.8 Å². The van der Waals surface area contributed by atoms with Gasteiger partial charge in [-0.3, -0.25) is 4.79 Å². The van der Waals surface area contributed by atoms with Crippen molar-refractivity contribution in [2.75, 3.05) is 18.8 Å². The minimum absolute atomic E-state index is 0.122. The number of likely N-dealkylation sites (tertiary alicyclic amines) is 1. The minimum atomic E-state index is 0.122. The van der Waals surface area contributed by atoms with Gasteiger partial charge in [0.25, 0.3) is 0 Å². The van der Waals surface area contributed by atoms with E-state index in [1.807, 2.05) is 4.90 Å². The first kappa shape index (κ1) is 10.6. The Balaban J connectivity index is 1.58. The van der Waals surface area contributed by atoms with Crippen LogP contribution in [0.2, 0.25) is 0 Å². The van der Waals surface area contributed by atoms with E-state index in [0.29, 0.717) is 17.7 Å². The maximum atomic E-state index is 11.9. The summed E-state index contributed by atoms with van der Waals surface area (Å²) >= 11 is 0. The summed E-state index contributed by atoms with van der Waals surface area (Å²) in [5.41, 5.74) is 5.40. The highest BCUT2D eigenvalue weighted by Crippen LogP contribution is 2.34. The van der Waals surface area contributed by atoms with E-state index in [-0.39, 0.29) is 11.9 Å². The molecule has 0 unspecified atom stereocenters. The number of nitrogen functional groups attached to an aromatic ring is 1. The fourth-order valence-corrected chi connectivity index (χ4v) is 2.35. The molecule has 0 bridgehead atoms. The van der Waals surface area contributed by atoms with Gasteiger partial charge < -0.3 is 15.1 Å². The van der Waals surface area contributed by atoms with Crippen molar-refractivity contribution in [3.63, 3.8) is 0 Å². The summed E-state index contributed by atoms with van der Waals surface area (Å²) in [5, 5.41) is 7.58. The van der Waals surface area contributed by atoms with Crippen molar-refractivity contribution < 1.29 is 9.21 Å². The molecule has 1 amide bonds. The van der Waals surface area contributed by atoms with E-state index in [9.17, 15) is 4.79 Å². The van der Waals surface area contributed by atoms with Crippen LogP contribution in [0.4, 0.5) is 6.01 Å². The molecule has 0 atom stereocenters. The molecule has 1 aliphatic heterocycles. The monoisotopic (exact) mass is 236 g/mol. The number of rotatable bonds is 2. The van der Waals surface area contributed by atoms with Gasteiger partial charge in [0.15, 0.2) is 0 Å². The van der Waals surface area contributed by atoms with E-state index < -0.39 is 0 Å². The van der Waals surface area contributed by atoms with E-state index in [1.165, 1.54) is 0 Å². The van der Waals surface area contributed by atoms with E-state index in [1.54, 1.807) is 0 Å². The van der Waals surface area contributed by atoms with Crippen molar-refractivity contribution in [2.24, 2.45) is 5.92 Å². The van der Waals surface area contributed by atoms with Crippen molar-refractivity contribution in [1.82, 2.24) is 15.1 Å². The molecule has 0 radical (unpaired) electrons. The van der Waals surface area contributed by atoms with Crippen LogP contribution in [0.5, 0.6) is 0 Å². The third-order valence-electron chi connectivity index (χ3n) is 3.54. The van der Waals surface area contributed by atoms with Gasteiger partial charge in [-0.15, -0.1) is 5.10 Å². The third kappa shape index (κ3) is 2.11. The zero-order valence-electron chi connectivity index (χ0n) is 9.63. The molecule has 6 nitrogen and oxygen atoms in total. The van der Waals surface area contributed by atoms with Crippen LogP contribution in [0.25, 0.3) is 0 Å². The molecule has 1 aromatic heterocycles. The van der Waals surface area contributed by atoms with Crippen LogP contribution < -0.4 is 5.73 Å². The van der Waals surface area contributed by atoms with Gasteiger partial charge >= 0.3 is 6.01 Å². The first-order chi connectivity index (χ1) is 8.24. The molecule has 2 N–H and O–H groups in total. The molecule has 1 aromatic rings. The molecule has 1 saturated heterocycles. The number of amides is 1. The highest BCUT2D eigenvalue weighted by atomic mass is 16.4. The number of carbonyl (C=O) groups is 1. The maximum Gasteiger partial charge on any atom is 0.312 e. The fourth-order valence-electron chi connectivity index (χ4n) is 2.35. The molecule has 6 heteroatoms. The van der Waals surface area contributed by atoms with Crippen LogP contribution in [0.3, 0.4) is 0 Å². The number of aromatic nitrogens is 2. The smallest absolute Gasteiger partial charge is 0.312 e. The lowest BCUT2D eigenvalue weighted by atomic mass is 9.96. The molecule has 0 aromatic carbocycles. The number of piperidine rings is 1. The lowest BCUT2D eigenvalue weighted by Crippen LogP contribution is -2.38.